The molecule has 0 unspecified atom stereocenters. The number of piperidine rings is 1. The summed E-state index contributed by atoms with van der Waals surface area (Å²) in [5.41, 5.74) is 1.13. The molecule has 1 saturated heterocycles. The highest BCUT2D eigenvalue weighted by molar-refractivity contribution is 14.0. The number of aliphatic imine (C=N–C) groups is 1. The fourth-order valence-electron chi connectivity index (χ4n) is 3.73. The summed E-state index contributed by atoms with van der Waals surface area (Å²) in [6, 6.07) is 0.371. The quantitative estimate of drug-likeness (QED) is 0.301. The highest BCUT2D eigenvalue weighted by Gasteiger charge is 2.26. The van der Waals surface area contributed by atoms with Crippen LogP contribution in [0.15, 0.2) is 4.99 Å². The van der Waals surface area contributed by atoms with E-state index in [4.69, 9.17) is 4.99 Å². The smallest absolute Gasteiger partial charge is 0.225 e. The van der Waals surface area contributed by atoms with E-state index in [0.717, 1.165) is 74.9 Å². The predicted molar refractivity (Wildman–Crippen MR) is 133 cm³/mol. The molecule has 2 heterocycles. The summed E-state index contributed by atoms with van der Waals surface area (Å²) in [6.45, 7) is 13.7. The molecule has 0 atom stereocenters. The molecule has 0 aromatic carbocycles. The molecule has 0 bridgehead atoms. The Kier molecular flexibility index (Phi) is 12.1. The summed E-state index contributed by atoms with van der Waals surface area (Å²) in [7, 11) is 0. The molecule has 0 aliphatic carbocycles. The maximum absolute atomic E-state index is 12.6. The Labute approximate surface area is 197 Å². The van der Waals surface area contributed by atoms with Crippen molar-refractivity contribution in [3.8, 4) is 0 Å². The minimum atomic E-state index is 0. The van der Waals surface area contributed by atoms with E-state index in [0.29, 0.717) is 11.9 Å². The second kappa shape index (κ2) is 13.4. The first-order valence-corrected chi connectivity index (χ1v) is 11.6. The number of thiazole rings is 1. The zero-order valence-corrected chi connectivity index (χ0v) is 21.7. The summed E-state index contributed by atoms with van der Waals surface area (Å²) < 4.78 is 0. The lowest BCUT2D eigenvalue weighted by molar-refractivity contribution is -0.136. The fraction of sp³-hybridized carbons (Fsp3) is 0.762. The fourth-order valence-corrected chi connectivity index (χ4v) is 4.65. The molecule has 8 heteroatoms. The van der Waals surface area contributed by atoms with Crippen LogP contribution in [0.2, 0.25) is 0 Å². The highest BCUT2D eigenvalue weighted by Crippen LogP contribution is 2.18. The van der Waals surface area contributed by atoms with Gasteiger partial charge in [0.15, 0.2) is 5.96 Å². The van der Waals surface area contributed by atoms with E-state index < -0.39 is 0 Å². The van der Waals surface area contributed by atoms with Crippen LogP contribution in [0, 0.1) is 19.8 Å². The highest BCUT2D eigenvalue weighted by atomic mass is 127. The van der Waals surface area contributed by atoms with Gasteiger partial charge in [-0.05, 0) is 46.5 Å². The second-order valence-corrected chi connectivity index (χ2v) is 8.80. The van der Waals surface area contributed by atoms with E-state index >= 15 is 0 Å². The van der Waals surface area contributed by atoms with Gasteiger partial charge < -0.3 is 15.5 Å². The van der Waals surface area contributed by atoms with Gasteiger partial charge in [0.05, 0.1) is 10.7 Å². The number of amides is 1. The molecule has 0 spiro atoms. The Balaban J connectivity index is 0.00000420. The number of hydrogen-bond donors (Lipinski definition) is 2. The van der Waals surface area contributed by atoms with Gasteiger partial charge in [-0.25, -0.2) is 4.98 Å². The van der Waals surface area contributed by atoms with Crippen LogP contribution >= 0.6 is 35.3 Å². The molecule has 1 aromatic heterocycles. The number of carbonyl (C=O) groups excluding carboxylic acids is 1. The van der Waals surface area contributed by atoms with Gasteiger partial charge in [-0.3, -0.25) is 9.79 Å². The largest absolute Gasteiger partial charge is 0.357 e. The number of aromatic nitrogens is 1. The Morgan fingerprint density at radius 3 is 2.41 bits per heavy atom. The van der Waals surface area contributed by atoms with Crippen molar-refractivity contribution in [3.05, 3.63) is 15.6 Å². The van der Waals surface area contributed by atoms with Gasteiger partial charge in [-0.15, -0.1) is 35.3 Å². The van der Waals surface area contributed by atoms with Crippen molar-refractivity contribution in [2.24, 2.45) is 10.9 Å². The van der Waals surface area contributed by atoms with E-state index in [2.05, 4.69) is 55.1 Å². The third kappa shape index (κ3) is 8.03. The molecule has 6 nitrogen and oxygen atoms in total. The average molecular weight is 536 g/mol. The van der Waals surface area contributed by atoms with E-state index in [1.165, 1.54) is 4.88 Å². The van der Waals surface area contributed by atoms with Crippen molar-refractivity contribution in [2.75, 3.05) is 26.2 Å². The van der Waals surface area contributed by atoms with E-state index in [1.54, 1.807) is 11.3 Å². The minimum absolute atomic E-state index is 0. The third-order valence-electron chi connectivity index (χ3n) is 5.43. The van der Waals surface area contributed by atoms with Crippen LogP contribution in [0.5, 0.6) is 0 Å². The zero-order chi connectivity index (χ0) is 20.5. The second-order valence-electron chi connectivity index (χ2n) is 7.51. The van der Waals surface area contributed by atoms with Crippen LogP contribution in [0.25, 0.3) is 0 Å². The molecule has 1 amide bonds. The monoisotopic (exact) mass is 535 g/mol. The maximum Gasteiger partial charge on any atom is 0.225 e. The third-order valence-corrected chi connectivity index (χ3v) is 6.57. The number of carbonyl (C=O) groups is 1. The molecule has 1 aliphatic rings. The number of hydrogen-bond acceptors (Lipinski definition) is 4. The summed E-state index contributed by atoms with van der Waals surface area (Å²) in [6.07, 6.45) is 4.75. The standard InChI is InChI=1S/C21H37N5OS.HI/c1-6-17(7-2)20(27)26-13-10-18(11-14-26)25-21(22-8-3)23-12-9-19-15(4)24-16(5)28-19;/h17-18H,6-14H2,1-5H3,(H2,22,23,25);1H. The van der Waals surface area contributed by atoms with Gasteiger partial charge in [-0.2, -0.15) is 0 Å². The Morgan fingerprint density at radius 1 is 1.24 bits per heavy atom. The lowest BCUT2D eigenvalue weighted by atomic mass is 9.98. The molecule has 1 aliphatic heterocycles. The normalized spacial score (nSPS) is 15.4. The van der Waals surface area contributed by atoms with Crippen molar-refractivity contribution < 1.29 is 4.79 Å². The van der Waals surface area contributed by atoms with Crippen LogP contribution in [0.1, 0.15) is 62.0 Å². The van der Waals surface area contributed by atoms with Crippen LogP contribution < -0.4 is 10.6 Å². The molecule has 0 saturated carbocycles. The molecular formula is C21H38IN5OS. The Hall–Kier alpha value is -0.900. The van der Waals surface area contributed by atoms with Gasteiger partial charge in [-0.1, -0.05) is 13.8 Å². The zero-order valence-electron chi connectivity index (χ0n) is 18.6. The Morgan fingerprint density at radius 2 is 1.90 bits per heavy atom. The number of rotatable bonds is 8. The molecule has 166 valence electrons. The van der Waals surface area contributed by atoms with Crippen LogP contribution in [0.3, 0.4) is 0 Å². The number of halogens is 1. The van der Waals surface area contributed by atoms with Crippen molar-refractivity contribution in [3.63, 3.8) is 0 Å². The molecule has 2 N–H and O–H groups in total. The number of nitrogens with one attached hydrogen (secondary N) is 2. The van der Waals surface area contributed by atoms with Crippen LogP contribution in [0.4, 0.5) is 0 Å². The molecule has 1 fully saturated rings. The summed E-state index contributed by atoms with van der Waals surface area (Å²) in [5, 5.41) is 8.04. The Bertz CT molecular complexity index is 651. The first-order chi connectivity index (χ1) is 13.5. The van der Waals surface area contributed by atoms with E-state index in [-0.39, 0.29) is 29.9 Å². The minimum Gasteiger partial charge on any atom is -0.357 e. The summed E-state index contributed by atoms with van der Waals surface area (Å²) >= 11 is 1.77. The number of aryl methyl sites for hydroxylation is 2. The maximum atomic E-state index is 12.6. The van der Waals surface area contributed by atoms with Crippen LogP contribution in [-0.2, 0) is 11.2 Å². The number of guanidine groups is 1. The molecule has 2 rings (SSSR count). The number of likely N-dealkylation sites (tertiary alicyclic amines) is 1. The van der Waals surface area contributed by atoms with Crippen molar-refractivity contribution in [1.29, 1.82) is 0 Å². The van der Waals surface area contributed by atoms with Crippen molar-refractivity contribution in [1.82, 2.24) is 20.5 Å². The molecular weight excluding hydrogens is 497 g/mol. The van der Waals surface area contributed by atoms with Crippen molar-refractivity contribution in [2.45, 2.75) is 72.8 Å². The van der Waals surface area contributed by atoms with Crippen molar-refractivity contribution >= 4 is 47.2 Å². The topological polar surface area (TPSA) is 69.6 Å². The molecule has 0 radical (unpaired) electrons. The lowest BCUT2D eigenvalue weighted by Gasteiger charge is -2.34. The van der Waals surface area contributed by atoms with Gasteiger partial charge >= 0.3 is 0 Å². The summed E-state index contributed by atoms with van der Waals surface area (Å²) in [4.78, 5) is 25.2. The average Bonchev–Trinajstić information content (AvgIpc) is 3.00. The SMILES string of the molecule is CCNC(=NCCc1sc(C)nc1C)NC1CCN(C(=O)C(CC)CC)CC1.I. The van der Waals surface area contributed by atoms with Gasteiger partial charge in [0.1, 0.15) is 0 Å². The summed E-state index contributed by atoms with van der Waals surface area (Å²) in [5.74, 6) is 1.40. The van der Waals surface area contributed by atoms with E-state index in [9.17, 15) is 4.79 Å². The predicted octanol–water partition coefficient (Wildman–Crippen LogP) is 3.90. The van der Waals surface area contributed by atoms with Gasteiger partial charge in [0.2, 0.25) is 5.91 Å². The first-order valence-electron chi connectivity index (χ1n) is 10.7. The molecule has 1 aromatic rings. The van der Waals surface area contributed by atoms with Gasteiger partial charge in [0.25, 0.3) is 0 Å². The first kappa shape index (κ1) is 26.1. The lowest BCUT2D eigenvalue weighted by Crippen LogP contribution is -2.50. The van der Waals surface area contributed by atoms with E-state index in [1.807, 2.05) is 0 Å². The molecule has 29 heavy (non-hydrogen) atoms. The van der Waals surface area contributed by atoms with Crippen LogP contribution in [-0.4, -0.2) is 54.0 Å². The van der Waals surface area contributed by atoms with Gasteiger partial charge in [0, 0.05) is 49.4 Å². The number of nitrogens with zero attached hydrogens (tertiary/aromatic N) is 3.